The summed E-state index contributed by atoms with van der Waals surface area (Å²) in [7, 11) is -3.61. The number of halogens is 2. The van der Waals surface area contributed by atoms with Crippen molar-refractivity contribution in [2.45, 2.75) is 18.7 Å². The third-order valence-corrected chi connectivity index (χ3v) is 6.46. The van der Waals surface area contributed by atoms with Gasteiger partial charge < -0.3 is 0 Å². The smallest absolute Gasteiger partial charge is 0.265 e. The Kier molecular flexibility index (Phi) is 5.11. The SMILES string of the molecule is CCN(c1ccc(C)cc1)S(=O)(=O)c1cc(Br)ccc1Br. The summed E-state index contributed by atoms with van der Waals surface area (Å²) >= 11 is 6.64. The number of nitrogens with zero attached hydrogens (tertiary/aromatic N) is 1. The number of aryl methyl sites for hydroxylation is 1. The molecule has 0 N–H and O–H groups in total. The van der Waals surface area contributed by atoms with E-state index in [2.05, 4.69) is 31.9 Å². The summed E-state index contributed by atoms with van der Waals surface area (Å²) in [5, 5.41) is 0. The zero-order chi connectivity index (χ0) is 15.6. The van der Waals surface area contributed by atoms with E-state index in [1.54, 1.807) is 18.2 Å². The van der Waals surface area contributed by atoms with Gasteiger partial charge in [0.25, 0.3) is 10.0 Å². The highest BCUT2D eigenvalue weighted by Crippen LogP contribution is 2.30. The summed E-state index contributed by atoms with van der Waals surface area (Å²) in [5.41, 5.74) is 1.76. The van der Waals surface area contributed by atoms with Crippen LogP contribution >= 0.6 is 31.9 Å². The average Bonchev–Trinajstić information content (AvgIpc) is 2.44. The van der Waals surface area contributed by atoms with Crippen LogP contribution in [0.1, 0.15) is 12.5 Å². The molecule has 0 saturated carbocycles. The van der Waals surface area contributed by atoms with Crippen LogP contribution in [0.2, 0.25) is 0 Å². The van der Waals surface area contributed by atoms with E-state index >= 15 is 0 Å². The summed E-state index contributed by atoms with van der Waals surface area (Å²) in [4.78, 5) is 0.249. The number of sulfonamides is 1. The van der Waals surface area contributed by atoms with E-state index < -0.39 is 10.0 Å². The average molecular weight is 433 g/mol. The summed E-state index contributed by atoms with van der Waals surface area (Å²) in [6, 6.07) is 12.6. The Balaban J connectivity index is 2.54. The van der Waals surface area contributed by atoms with Crippen molar-refractivity contribution in [1.29, 1.82) is 0 Å². The van der Waals surface area contributed by atoms with E-state index in [1.807, 2.05) is 38.1 Å². The normalized spacial score (nSPS) is 11.4. The second kappa shape index (κ2) is 6.50. The van der Waals surface area contributed by atoms with Crippen LogP contribution in [-0.4, -0.2) is 15.0 Å². The first kappa shape index (κ1) is 16.5. The molecule has 0 aliphatic heterocycles. The van der Waals surface area contributed by atoms with Crippen molar-refractivity contribution in [1.82, 2.24) is 0 Å². The zero-order valence-electron chi connectivity index (χ0n) is 11.7. The summed E-state index contributed by atoms with van der Waals surface area (Å²) in [6.07, 6.45) is 0. The van der Waals surface area contributed by atoms with Gasteiger partial charge in [-0.2, -0.15) is 0 Å². The van der Waals surface area contributed by atoms with E-state index in [4.69, 9.17) is 0 Å². The summed E-state index contributed by atoms with van der Waals surface area (Å²) in [5.74, 6) is 0. The van der Waals surface area contributed by atoms with Crippen molar-refractivity contribution < 1.29 is 8.42 Å². The van der Waals surface area contributed by atoms with Gasteiger partial charge in [0.15, 0.2) is 0 Å². The van der Waals surface area contributed by atoms with Gasteiger partial charge in [-0.3, -0.25) is 4.31 Å². The molecule has 2 aromatic rings. The van der Waals surface area contributed by atoms with Crippen molar-refractivity contribution >= 4 is 47.6 Å². The Hall–Kier alpha value is -0.850. The monoisotopic (exact) mass is 431 g/mol. The molecule has 6 heteroatoms. The quantitative estimate of drug-likeness (QED) is 0.699. The van der Waals surface area contributed by atoms with Crippen molar-refractivity contribution in [3.8, 4) is 0 Å². The van der Waals surface area contributed by atoms with Gasteiger partial charge in [0.05, 0.1) is 5.69 Å². The van der Waals surface area contributed by atoms with Crippen molar-refractivity contribution in [3.63, 3.8) is 0 Å². The minimum atomic E-state index is -3.61. The molecule has 2 rings (SSSR count). The minimum Gasteiger partial charge on any atom is -0.267 e. The topological polar surface area (TPSA) is 37.4 Å². The van der Waals surface area contributed by atoms with Crippen LogP contribution in [0.15, 0.2) is 56.3 Å². The number of anilines is 1. The fourth-order valence-corrected chi connectivity index (χ4v) is 4.94. The van der Waals surface area contributed by atoms with Gasteiger partial charge in [0, 0.05) is 15.5 Å². The predicted molar refractivity (Wildman–Crippen MR) is 93.2 cm³/mol. The van der Waals surface area contributed by atoms with E-state index in [0.29, 0.717) is 16.7 Å². The van der Waals surface area contributed by atoms with Crippen LogP contribution < -0.4 is 4.31 Å². The molecule has 0 radical (unpaired) electrons. The van der Waals surface area contributed by atoms with Crippen molar-refractivity contribution in [3.05, 3.63) is 57.0 Å². The van der Waals surface area contributed by atoms with Crippen LogP contribution in [0.3, 0.4) is 0 Å². The van der Waals surface area contributed by atoms with Crippen molar-refractivity contribution in [2.75, 3.05) is 10.8 Å². The van der Waals surface area contributed by atoms with Crippen LogP contribution in [0.25, 0.3) is 0 Å². The first-order chi connectivity index (χ1) is 9.86. The number of rotatable bonds is 4. The number of benzene rings is 2. The summed E-state index contributed by atoms with van der Waals surface area (Å²) < 4.78 is 28.5. The largest absolute Gasteiger partial charge is 0.267 e. The Bertz CT molecular complexity index is 743. The third-order valence-electron chi connectivity index (χ3n) is 3.07. The highest BCUT2D eigenvalue weighted by molar-refractivity contribution is 9.11. The second-order valence-corrected chi connectivity index (χ2v) is 8.18. The van der Waals surface area contributed by atoms with Crippen LogP contribution in [0.4, 0.5) is 5.69 Å². The molecule has 0 unspecified atom stereocenters. The molecule has 0 heterocycles. The first-order valence-electron chi connectivity index (χ1n) is 6.40. The van der Waals surface area contributed by atoms with E-state index in [9.17, 15) is 8.42 Å². The minimum absolute atomic E-state index is 0.249. The lowest BCUT2D eigenvalue weighted by molar-refractivity contribution is 0.591. The van der Waals surface area contributed by atoms with E-state index in [-0.39, 0.29) is 4.90 Å². The number of hydrogen-bond acceptors (Lipinski definition) is 2. The molecule has 0 atom stereocenters. The molecular formula is C15H15Br2NO2S. The molecule has 0 aliphatic carbocycles. The van der Waals surface area contributed by atoms with Gasteiger partial charge in [0.2, 0.25) is 0 Å². The lowest BCUT2D eigenvalue weighted by atomic mass is 10.2. The molecule has 21 heavy (non-hydrogen) atoms. The fraction of sp³-hybridized carbons (Fsp3) is 0.200. The maximum absolute atomic E-state index is 12.9. The highest BCUT2D eigenvalue weighted by atomic mass is 79.9. The molecule has 112 valence electrons. The van der Waals surface area contributed by atoms with Crippen LogP contribution in [0.5, 0.6) is 0 Å². The van der Waals surface area contributed by atoms with Gasteiger partial charge in [-0.15, -0.1) is 0 Å². The Labute approximate surface area is 142 Å². The van der Waals surface area contributed by atoms with E-state index in [1.165, 1.54) is 4.31 Å². The first-order valence-corrected chi connectivity index (χ1v) is 9.43. The molecule has 0 fully saturated rings. The van der Waals surface area contributed by atoms with Crippen LogP contribution in [-0.2, 0) is 10.0 Å². The molecular weight excluding hydrogens is 418 g/mol. The highest BCUT2D eigenvalue weighted by Gasteiger charge is 2.26. The zero-order valence-corrected chi connectivity index (χ0v) is 15.7. The van der Waals surface area contributed by atoms with Gasteiger partial charge in [-0.05, 0) is 60.1 Å². The third kappa shape index (κ3) is 3.49. The molecule has 2 aromatic carbocycles. The van der Waals surface area contributed by atoms with E-state index in [0.717, 1.165) is 10.0 Å². The maximum Gasteiger partial charge on any atom is 0.265 e. The molecule has 0 aromatic heterocycles. The predicted octanol–water partition coefficient (Wildman–Crippen LogP) is 4.74. The molecule has 0 aliphatic rings. The van der Waals surface area contributed by atoms with Gasteiger partial charge in [0.1, 0.15) is 4.90 Å². The molecule has 0 saturated heterocycles. The van der Waals surface area contributed by atoms with Crippen LogP contribution in [0, 0.1) is 6.92 Å². The fourth-order valence-electron chi connectivity index (χ4n) is 2.00. The Morgan fingerprint density at radius 2 is 1.67 bits per heavy atom. The summed E-state index contributed by atoms with van der Waals surface area (Å²) in [6.45, 7) is 4.16. The van der Waals surface area contributed by atoms with Gasteiger partial charge in [-0.1, -0.05) is 33.6 Å². The lowest BCUT2D eigenvalue weighted by Crippen LogP contribution is -2.31. The Morgan fingerprint density at radius 1 is 1.05 bits per heavy atom. The number of hydrogen-bond donors (Lipinski definition) is 0. The molecule has 0 amide bonds. The Morgan fingerprint density at radius 3 is 2.24 bits per heavy atom. The lowest BCUT2D eigenvalue weighted by Gasteiger charge is -2.23. The standard InChI is InChI=1S/C15H15Br2NO2S/c1-3-18(13-7-4-11(2)5-8-13)21(19,20)15-10-12(16)6-9-14(15)17/h4-10H,3H2,1-2H3. The van der Waals surface area contributed by atoms with Crippen molar-refractivity contribution in [2.24, 2.45) is 0 Å². The van der Waals surface area contributed by atoms with Gasteiger partial charge in [-0.25, -0.2) is 8.42 Å². The maximum atomic E-state index is 12.9. The van der Waals surface area contributed by atoms with Gasteiger partial charge >= 0.3 is 0 Å². The molecule has 0 spiro atoms. The molecule has 0 bridgehead atoms. The molecule has 3 nitrogen and oxygen atoms in total. The second-order valence-electron chi connectivity index (χ2n) is 4.58.